The van der Waals surface area contributed by atoms with Crippen LogP contribution in [0.25, 0.3) is 5.69 Å². The van der Waals surface area contributed by atoms with Crippen LogP contribution in [0.3, 0.4) is 0 Å². The lowest BCUT2D eigenvalue weighted by Gasteiger charge is -2.17. The number of nitrogens with zero attached hydrogens (tertiary/aromatic N) is 4. The maximum absolute atomic E-state index is 12.6. The number of amides is 1. The minimum atomic E-state index is -0.365. The van der Waals surface area contributed by atoms with Gasteiger partial charge < -0.3 is 10.1 Å². The molecule has 8 heteroatoms. The van der Waals surface area contributed by atoms with Crippen molar-refractivity contribution in [3.05, 3.63) is 60.2 Å². The van der Waals surface area contributed by atoms with Crippen LogP contribution in [-0.4, -0.2) is 38.5 Å². The van der Waals surface area contributed by atoms with Crippen molar-refractivity contribution in [1.29, 1.82) is 0 Å². The highest BCUT2D eigenvalue weighted by Gasteiger charge is 2.21. The molecule has 3 rings (SSSR count). The monoisotopic (exact) mass is 383 g/mol. The Labute approximate surface area is 162 Å². The van der Waals surface area contributed by atoms with Gasteiger partial charge in [-0.15, -0.1) is 5.10 Å². The molecule has 1 N–H and O–H groups in total. The lowest BCUT2D eigenvalue weighted by molar-refractivity contribution is -0.120. The maximum Gasteiger partial charge on any atom is 0.233 e. The molecule has 3 aromatic rings. The summed E-state index contributed by atoms with van der Waals surface area (Å²) >= 11 is 1.30. The second kappa shape index (κ2) is 8.68. The molecule has 0 aliphatic rings. The van der Waals surface area contributed by atoms with Crippen LogP contribution in [0.2, 0.25) is 0 Å². The van der Waals surface area contributed by atoms with Crippen LogP contribution >= 0.6 is 11.8 Å². The van der Waals surface area contributed by atoms with Gasteiger partial charge in [-0.2, -0.15) is 4.68 Å². The van der Waals surface area contributed by atoms with Gasteiger partial charge >= 0.3 is 0 Å². The summed E-state index contributed by atoms with van der Waals surface area (Å²) in [6.07, 6.45) is 0. The number of ether oxygens (including phenoxy) is 1. The number of aromatic nitrogens is 4. The molecule has 0 saturated carbocycles. The SMILES string of the molecule is COc1ccccc1-n1nnnc1SC(C)C(=O)NC(C)c1ccccc1. The predicted octanol–water partition coefficient (Wildman–Crippen LogP) is 3.03. The van der Waals surface area contributed by atoms with Gasteiger partial charge in [0.25, 0.3) is 0 Å². The van der Waals surface area contributed by atoms with Crippen LogP contribution in [0, 0.1) is 0 Å². The van der Waals surface area contributed by atoms with E-state index in [-0.39, 0.29) is 17.2 Å². The number of benzene rings is 2. The number of methoxy groups -OCH3 is 1. The van der Waals surface area contributed by atoms with Crippen molar-refractivity contribution < 1.29 is 9.53 Å². The topological polar surface area (TPSA) is 81.9 Å². The smallest absolute Gasteiger partial charge is 0.233 e. The number of hydrogen-bond acceptors (Lipinski definition) is 6. The number of carbonyl (C=O) groups is 1. The van der Waals surface area contributed by atoms with Crippen molar-refractivity contribution in [2.24, 2.45) is 0 Å². The van der Waals surface area contributed by atoms with Crippen LogP contribution in [-0.2, 0) is 4.79 Å². The predicted molar refractivity (Wildman–Crippen MR) is 104 cm³/mol. The van der Waals surface area contributed by atoms with Gasteiger partial charge in [-0.3, -0.25) is 4.79 Å². The third kappa shape index (κ3) is 4.46. The van der Waals surface area contributed by atoms with Gasteiger partial charge in [0.2, 0.25) is 11.1 Å². The lowest BCUT2D eigenvalue weighted by Crippen LogP contribution is -2.33. The third-order valence-corrected chi connectivity index (χ3v) is 5.10. The molecule has 27 heavy (non-hydrogen) atoms. The Bertz CT molecular complexity index is 900. The zero-order valence-corrected chi connectivity index (χ0v) is 16.2. The highest BCUT2D eigenvalue weighted by Crippen LogP contribution is 2.28. The van der Waals surface area contributed by atoms with Gasteiger partial charge in [-0.1, -0.05) is 54.2 Å². The van der Waals surface area contributed by atoms with Gasteiger partial charge in [-0.05, 0) is 42.0 Å². The summed E-state index contributed by atoms with van der Waals surface area (Å²) in [5.41, 5.74) is 1.78. The van der Waals surface area contributed by atoms with E-state index >= 15 is 0 Å². The second-order valence-electron chi connectivity index (χ2n) is 5.95. The van der Waals surface area contributed by atoms with Crippen LogP contribution in [0.1, 0.15) is 25.5 Å². The van der Waals surface area contributed by atoms with E-state index < -0.39 is 0 Å². The van der Waals surface area contributed by atoms with E-state index in [2.05, 4.69) is 20.8 Å². The first-order valence-corrected chi connectivity index (χ1v) is 9.42. The molecule has 0 radical (unpaired) electrons. The molecule has 0 aliphatic heterocycles. The highest BCUT2D eigenvalue weighted by atomic mass is 32.2. The quantitative estimate of drug-likeness (QED) is 0.632. The Kier molecular flexibility index (Phi) is 6.08. The van der Waals surface area contributed by atoms with E-state index in [4.69, 9.17) is 4.74 Å². The zero-order chi connectivity index (χ0) is 19.2. The molecule has 7 nitrogen and oxygen atoms in total. The molecule has 0 bridgehead atoms. The average molecular weight is 383 g/mol. The van der Waals surface area contributed by atoms with Gasteiger partial charge in [0.1, 0.15) is 11.4 Å². The van der Waals surface area contributed by atoms with Gasteiger partial charge in [0, 0.05) is 0 Å². The first kappa shape index (κ1) is 18.9. The Balaban J connectivity index is 1.71. The molecule has 0 aliphatic carbocycles. The summed E-state index contributed by atoms with van der Waals surface area (Å²) in [6, 6.07) is 17.2. The molecular formula is C19H21N5O2S. The van der Waals surface area contributed by atoms with Gasteiger partial charge in [0.05, 0.1) is 18.4 Å². The maximum atomic E-state index is 12.6. The van der Waals surface area contributed by atoms with Crippen molar-refractivity contribution >= 4 is 17.7 Å². The van der Waals surface area contributed by atoms with Crippen molar-refractivity contribution in [1.82, 2.24) is 25.5 Å². The standard InChI is InChI=1S/C19H21N5O2S/c1-13(15-9-5-4-6-10-15)20-18(25)14(2)27-19-21-22-23-24(19)16-11-7-8-12-17(16)26-3/h4-14H,1-3H3,(H,20,25). The summed E-state index contributed by atoms with van der Waals surface area (Å²) in [4.78, 5) is 12.6. The molecule has 2 atom stereocenters. The van der Waals surface area contributed by atoms with Crippen LogP contribution < -0.4 is 10.1 Å². The summed E-state index contributed by atoms with van der Waals surface area (Å²) in [5.74, 6) is 0.576. The molecule has 0 saturated heterocycles. The number of hydrogen-bond donors (Lipinski definition) is 1. The number of tetrazole rings is 1. The third-order valence-electron chi connectivity index (χ3n) is 4.06. The molecule has 0 fully saturated rings. The molecular weight excluding hydrogens is 362 g/mol. The molecule has 1 aromatic heterocycles. The van der Waals surface area contributed by atoms with Crippen molar-refractivity contribution in [3.63, 3.8) is 0 Å². The van der Waals surface area contributed by atoms with Crippen molar-refractivity contribution in [3.8, 4) is 11.4 Å². The highest BCUT2D eigenvalue weighted by molar-refractivity contribution is 8.00. The minimum absolute atomic E-state index is 0.0769. The summed E-state index contributed by atoms with van der Waals surface area (Å²) in [5, 5.41) is 15.0. The van der Waals surface area contributed by atoms with Gasteiger partial charge in [-0.25, -0.2) is 0 Å². The van der Waals surface area contributed by atoms with Crippen molar-refractivity contribution in [2.75, 3.05) is 7.11 Å². The first-order valence-electron chi connectivity index (χ1n) is 8.54. The average Bonchev–Trinajstić information content (AvgIpc) is 3.16. The molecule has 1 heterocycles. The summed E-state index contributed by atoms with van der Waals surface area (Å²) in [7, 11) is 1.59. The Morgan fingerprint density at radius 1 is 1.11 bits per heavy atom. The molecule has 0 spiro atoms. The summed E-state index contributed by atoms with van der Waals surface area (Å²) < 4.78 is 6.95. The van der Waals surface area contributed by atoms with Gasteiger partial charge in [0.15, 0.2) is 0 Å². The minimum Gasteiger partial charge on any atom is -0.494 e. The summed E-state index contributed by atoms with van der Waals surface area (Å²) in [6.45, 7) is 3.79. The fraction of sp³-hybridized carbons (Fsp3) is 0.263. The van der Waals surface area contributed by atoms with Crippen molar-refractivity contribution in [2.45, 2.75) is 30.3 Å². The van der Waals surface area contributed by atoms with Crippen LogP contribution in [0.5, 0.6) is 5.75 Å². The fourth-order valence-electron chi connectivity index (χ4n) is 2.58. The zero-order valence-electron chi connectivity index (χ0n) is 15.4. The van der Waals surface area contributed by atoms with Crippen LogP contribution in [0.15, 0.2) is 59.8 Å². The normalized spacial score (nSPS) is 13.0. The van der Waals surface area contributed by atoms with E-state index in [0.29, 0.717) is 10.9 Å². The lowest BCUT2D eigenvalue weighted by atomic mass is 10.1. The van der Waals surface area contributed by atoms with Crippen LogP contribution in [0.4, 0.5) is 0 Å². The Morgan fingerprint density at radius 2 is 1.81 bits per heavy atom. The fourth-order valence-corrected chi connectivity index (χ4v) is 3.39. The van der Waals surface area contributed by atoms with E-state index in [1.807, 2.05) is 68.4 Å². The van der Waals surface area contributed by atoms with E-state index in [1.165, 1.54) is 11.8 Å². The number of thioether (sulfide) groups is 1. The van der Waals surface area contributed by atoms with E-state index in [1.54, 1.807) is 11.8 Å². The number of rotatable bonds is 7. The molecule has 1 amide bonds. The van der Waals surface area contributed by atoms with E-state index in [9.17, 15) is 4.79 Å². The second-order valence-corrected chi connectivity index (χ2v) is 7.25. The molecule has 140 valence electrons. The largest absolute Gasteiger partial charge is 0.494 e. The van der Waals surface area contributed by atoms with E-state index in [0.717, 1.165) is 11.3 Å². The Hall–Kier alpha value is -2.87. The number of carbonyl (C=O) groups excluding carboxylic acids is 1. The first-order chi connectivity index (χ1) is 13.1. The molecule has 2 unspecified atom stereocenters. The number of para-hydroxylation sites is 2. The number of nitrogens with one attached hydrogen (secondary N) is 1. The molecule has 2 aromatic carbocycles. The Morgan fingerprint density at radius 3 is 2.56 bits per heavy atom.